The Bertz CT molecular complexity index is 645. The summed E-state index contributed by atoms with van der Waals surface area (Å²) in [6.07, 6.45) is 0.769. The van der Waals surface area contributed by atoms with E-state index in [4.69, 9.17) is 23.2 Å². The standard InChI is InChI=1S/C15H14Cl2N2O2/c1-2-13(10-3-5-11(16)6-4-10)18-14-9-12(17)7-8-15(14)19(20)21/h3-9,13,18H,2H2,1H3. The molecule has 110 valence electrons. The van der Waals surface area contributed by atoms with Crippen LogP contribution in [0, 0.1) is 10.1 Å². The molecule has 2 aromatic rings. The van der Waals surface area contributed by atoms with Crippen LogP contribution < -0.4 is 5.32 Å². The first kappa shape index (κ1) is 15.6. The van der Waals surface area contributed by atoms with Gasteiger partial charge in [0.15, 0.2) is 0 Å². The normalized spacial score (nSPS) is 12.0. The Morgan fingerprint density at radius 3 is 2.33 bits per heavy atom. The summed E-state index contributed by atoms with van der Waals surface area (Å²) >= 11 is 11.8. The molecule has 2 aromatic carbocycles. The van der Waals surface area contributed by atoms with E-state index in [9.17, 15) is 10.1 Å². The maximum absolute atomic E-state index is 11.1. The highest BCUT2D eigenvalue weighted by molar-refractivity contribution is 6.31. The molecular formula is C15H14Cl2N2O2. The molecule has 0 aliphatic carbocycles. The molecule has 21 heavy (non-hydrogen) atoms. The summed E-state index contributed by atoms with van der Waals surface area (Å²) in [7, 11) is 0. The summed E-state index contributed by atoms with van der Waals surface area (Å²) in [5.41, 5.74) is 1.43. The third-order valence-electron chi connectivity index (χ3n) is 3.17. The van der Waals surface area contributed by atoms with Gasteiger partial charge in [-0.15, -0.1) is 0 Å². The number of benzene rings is 2. The van der Waals surface area contributed by atoms with Crippen molar-refractivity contribution >= 4 is 34.6 Å². The van der Waals surface area contributed by atoms with Crippen LogP contribution in [-0.4, -0.2) is 4.92 Å². The monoisotopic (exact) mass is 324 g/mol. The van der Waals surface area contributed by atoms with E-state index in [1.54, 1.807) is 18.2 Å². The fraction of sp³-hybridized carbons (Fsp3) is 0.200. The van der Waals surface area contributed by atoms with E-state index in [1.807, 2.05) is 19.1 Å². The lowest BCUT2D eigenvalue weighted by Crippen LogP contribution is -2.11. The fourth-order valence-electron chi connectivity index (χ4n) is 2.09. The smallest absolute Gasteiger partial charge is 0.292 e. The van der Waals surface area contributed by atoms with E-state index in [0.717, 1.165) is 12.0 Å². The van der Waals surface area contributed by atoms with Crippen molar-refractivity contribution in [3.8, 4) is 0 Å². The number of rotatable bonds is 5. The van der Waals surface area contributed by atoms with E-state index < -0.39 is 4.92 Å². The van der Waals surface area contributed by atoms with Crippen molar-refractivity contribution in [3.63, 3.8) is 0 Å². The Balaban J connectivity index is 2.32. The van der Waals surface area contributed by atoms with Crippen LogP contribution in [0.3, 0.4) is 0 Å². The van der Waals surface area contributed by atoms with E-state index in [1.165, 1.54) is 12.1 Å². The Morgan fingerprint density at radius 1 is 1.14 bits per heavy atom. The average molecular weight is 325 g/mol. The number of hydrogen-bond acceptors (Lipinski definition) is 3. The Kier molecular flexibility index (Phi) is 5.04. The maximum Gasteiger partial charge on any atom is 0.292 e. The van der Waals surface area contributed by atoms with E-state index in [-0.39, 0.29) is 11.7 Å². The lowest BCUT2D eigenvalue weighted by Gasteiger charge is -2.19. The minimum atomic E-state index is -0.423. The molecule has 0 saturated heterocycles. The summed E-state index contributed by atoms with van der Waals surface area (Å²) in [5.74, 6) is 0. The second-order valence-corrected chi connectivity index (χ2v) is 5.45. The van der Waals surface area contributed by atoms with Gasteiger partial charge >= 0.3 is 0 Å². The SMILES string of the molecule is CCC(Nc1cc(Cl)ccc1[N+](=O)[O-])c1ccc(Cl)cc1. The summed E-state index contributed by atoms with van der Waals surface area (Å²) in [5, 5.41) is 15.4. The second kappa shape index (κ2) is 6.78. The first-order chi connectivity index (χ1) is 10.0. The fourth-order valence-corrected chi connectivity index (χ4v) is 2.39. The first-order valence-electron chi connectivity index (χ1n) is 6.47. The number of anilines is 1. The summed E-state index contributed by atoms with van der Waals surface area (Å²) in [6.45, 7) is 2.00. The molecule has 0 heterocycles. The van der Waals surface area contributed by atoms with Crippen molar-refractivity contribution in [2.45, 2.75) is 19.4 Å². The zero-order chi connectivity index (χ0) is 15.4. The lowest BCUT2D eigenvalue weighted by atomic mass is 10.0. The number of halogens is 2. The number of nitro benzene ring substituents is 1. The molecule has 0 fully saturated rings. The lowest BCUT2D eigenvalue weighted by molar-refractivity contribution is -0.384. The number of nitrogens with one attached hydrogen (secondary N) is 1. The van der Waals surface area contributed by atoms with Gasteiger partial charge in [-0.2, -0.15) is 0 Å². The van der Waals surface area contributed by atoms with Gasteiger partial charge in [0, 0.05) is 16.1 Å². The molecule has 1 atom stereocenters. The van der Waals surface area contributed by atoms with Gasteiger partial charge in [-0.25, -0.2) is 0 Å². The maximum atomic E-state index is 11.1. The van der Waals surface area contributed by atoms with E-state index in [0.29, 0.717) is 15.7 Å². The van der Waals surface area contributed by atoms with Crippen molar-refractivity contribution in [2.24, 2.45) is 0 Å². The van der Waals surface area contributed by atoms with E-state index >= 15 is 0 Å². The first-order valence-corrected chi connectivity index (χ1v) is 7.22. The second-order valence-electron chi connectivity index (χ2n) is 4.58. The Morgan fingerprint density at radius 2 is 1.76 bits per heavy atom. The number of hydrogen-bond donors (Lipinski definition) is 1. The third kappa shape index (κ3) is 3.86. The largest absolute Gasteiger partial charge is 0.373 e. The summed E-state index contributed by atoms with van der Waals surface area (Å²) in [6, 6.07) is 11.8. The molecule has 0 spiro atoms. The highest BCUT2D eigenvalue weighted by Crippen LogP contribution is 2.32. The predicted octanol–water partition coefficient (Wildman–Crippen LogP) is 5.46. The van der Waals surface area contributed by atoms with Gasteiger partial charge in [0.25, 0.3) is 5.69 Å². The zero-order valence-corrected chi connectivity index (χ0v) is 12.9. The molecular weight excluding hydrogens is 311 g/mol. The van der Waals surface area contributed by atoms with Gasteiger partial charge in [-0.05, 0) is 36.2 Å². The van der Waals surface area contributed by atoms with Crippen LogP contribution in [0.5, 0.6) is 0 Å². The summed E-state index contributed by atoms with van der Waals surface area (Å²) < 4.78 is 0. The molecule has 0 aliphatic rings. The van der Waals surface area contributed by atoms with E-state index in [2.05, 4.69) is 5.32 Å². The molecule has 0 amide bonds. The molecule has 0 bridgehead atoms. The van der Waals surface area contributed by atoms with Crippen LogP contribution in [0.2, 0.25) is 10.0 Å². The van der Waals surface area contributed by atoms with Crippen molar-refractivity contribution in [1.82, 2.24) is 0 Å². The quantitative estimate of drug-likeness (QED) is 0.586. The van der Waals surface area contributed by atoms with Crippen LogP contribution in [0.25, 0.3) is 0 Å². The van der Waals surface area contributed by atoms with Gasteiger partial charge in [0.1, 0.15) is 5.69 Å². The summed E-state index contributed by atoms with van der Waals surface area (Å²) in [4.78, 5) is 10.7. The molecule has 0 radical (unpaired) electrons. The predicted molar refractivity (Wildman–Crippen MR) is 86.2 cm³/mol. The molecule has 0 aliphatic heterocycles. The van der Waals surface area contributed by atoms with Crippen LogP contribution in [0.15, 0.2) is 42.5 Å². The van der Waals surface area contributed by atoms with Crippen LogP contribution in [0.1, 0.15) is 24.9 Å². The third-order valence-corrected chi connectivity index (χ3v) is 3.65. The van der Waals surface area contributed by atoms with Crippen LogP contribution >= 0.6 is 23.2 Å². The molecule has 6 heteroatoms. The van der Waals surface area contributed by atoms with Gasteiger partial charge in [0.05, 0.1) is 11.0 Å². The molecule has 0 saturated carbocycles. The molecule has 1 N–H and O–H groups in total. The van der Waals surface area contributed by atoms with Crippen molar-refractivity contribution < 1.29 is 4.92 Å². The molecule has 0 aromatic heterocycles. The highest BCUT2D eigenvalue weighted by Gasteiger charge is 2.17. The van der Waals surface area contributed by atoms with Crippen molar-refractivity contribution in [3.05, 3.63) is 68.2 Å². The van der Waals surface area contributed by atoms with Crippen LogP contribution in [-0.2, 0) is 0 Å². The van der Waals surface area contributed by atoms with Gasteiger partial charge < -0.3 is 5.32 Å². The van der Waals surface area contributed by atoms with Crippen molar-refractivity contribution in [2.75, 3.05) is 5.32 Å². The molecule has 2 rings (SSSR count). The van der Waals surface area contributed by atoms with Gasteiger partial charge in [0.2, 0.25) is 0 Å². The van der Waals surface area contributed by atoms with Crippen LogP contribution in [0.4, 0.5) is 11.4 Å². The Hall–Kier alpha value is -1.78. The Labute approximate surface area is 132 Å². The van der Waals surface area contributed by atoms with Gasteiger partial charge in [-0.1, -0.05) is 42.3 Å². The molecule has 4 nitrogen and oxygen atoms in total. The highest BCUT2D eigenvalue weighted by atomic mass is 35.5. The number of nitro groups is 1. The molecule has 1 unspecified atom stereocenters. The number of nitrogens with zero attached hydrogens (tertiary/aromatic N) is 1. The topological polar surface area (TPSA) is 55.2 Å². The van der Waals surface area contributed by atoms with Crippen molar-refractivity contribution in [1.29, 1.82) is 0 Å². The minimum absolute atomic E-state index is 0.00631. The average Bonchev–Trinajstić information content (AvgIpc) is 2.45. The minimum Gasteiger partial charge on any atom is -0.373 e. The van der Waals surface area contributed by atoms with Gasteiger partial charge in [-0.3, -0.25) is 10.1 Å². The zero-order valence-electron chi connectivity index (χ0n) is 11.3.